The molecule has 0 aliphatic rings. The molecule has 0 unspecified atom stereocenters. The molecule has 18 heavy (non-hydrogen) atoms. The average molecular weight is 304 g/mol. The number of sulfone groups is 1. The van der Waals surface area contributed by atoms with Gasteiger partial charge in [0.15, 0.2) is 0 Å². The summed E-state index contributed by atoms with van der Waals surface area (Å²) in [7, 11) is -3.46. The molecule has 2 rings (SSSR count). The van der Waals surface area contributed by atoms with E-state index >= 15 is 0 Å². The zero-order valence-electron chi connectivity index (χ0n) is 9.13. The summed E-state index contributed by atoms with van der Waals surface area (Å²) in [4.78, 5) is 3.74. The van der Waals surface area contributed by atoms with Crippen molar-refractivity contribution >= 4 is 33.0 Å². The Morgan fingerprint density at radius 1 is 1.17 bits per heavy atom. The minimum absolute atomic E-state index is 0.323. The third-order valence-electron chi connectivity index (χ3n) is 2.08. The quantitative estimate of drug-likeness (QED) is 0.851. The predicted molar refractivity (Wildman–Crippen MR) is 68.4 cm³/mol. The van der Waals surface area contributed by atoms with Crippen molar-refractivity contribution in [3.63, 3.8) is 0 Å². The standard InChI is InChI=1S/C10H7Cl2N3O2S/c1-18(16,17)10-13-5-9(14-15-10)7-3-2-6(11)4-8(7)12/h2-5H,1H3. The number of halogens is 2. The molecule has 0 amide bonds. The third kappa shape index (κ3) is 2.77. The van der Waals surface area contributed by atoms with Crippen LogP contribution in [0.4, 0.5) is 0 Å². The first-order valence-electron chi connectivity index (χ1n) is 4.73. The van der Waals surface area contributed by atoms with Crippen LogP contribution in [0.2, 0.25) is 10.0 Å². The summed E-state index contributed by atoms with van der Waals surface area (Å²) in [5.74, 6) is 0. The molecule has 0 fully saturated rings. The van der Waals surface area contributed by atoms with Crippen molar-refractivity contribution in [3.8, 4) is 11.3 Å². The molecule has 1 heterocycles. The van der Waals surface area contributed by atoms with E-state index < -0.39 is 9.84 Å². The van der Waals surface area contributed by atoms with Crippen LogP contribution >= 0.6 is 23.2 Å². The maximum Gasteiger partial charge on any atom is 0.267 e. The topological polar surface area (TPSA) is 72.8 Å². The van der Waals surface area contributed by atoms with Crippen LogP contribution in [0.1, 0.15) is 0 Å². The summed E-state index contributed by atoms with van der Waals surface area (Å²) < 4.78 is 22.4. The van der Waals surface area contributed by atoms with Crippen LogP contribution in [0.5, 0.6) is 0 Å². The molecule has 2 aromatic rings. The van der Waals surface area contributed by atoms with Gasteiger partial charge < -0.3 is 0 Å². The maximum atomic E-state index is 11.2. The Labute approximate surface area is 114 Å². The zero-order valence-corrected chi connectivity index (χ0v) is 11.5. The first-order chi connectivity index (χ1) is 8.38. The minimum atomic E-state index is -3.46. The SMILES string of the molecule is CS(=O)(=O)c1ncc(-c2ccc(Cl)cc2Cl)nn1. The van der Waals surface area contributed by atoms with Crippen LogP contribution in [0.15, 0.2) is 29.6 Å². The van der Waals surface area contributed by atoms with Crippen LogP contribution in [0.25, 0.3) is 11.3 Å². The molecule has 0 aliphatic carbocycles. The molecular formula is C10H7Cl2N3O2S. The molecular weight excluding hydrogens is 297 g/mol. The zero-order chi connectivity index (χ0) is 13.3. The molecule has 0 spiro atoms. The van der Waals surface area contributed by atoms with Crippen LogP contribution < -0.4 is 0 Å². The molecule has 0 saturated carbocycles. The summed E-state index contributed by atoms with van der Waals surface area (Å²) in [5, 5.41) is 7.90. The van der Waals surface area contributed by atoms with E-state index in [1.807, 2.05) is 0 Å². The average Bonchev–Trinajstić information content (AvgIpc) is 2.28. The van der Waals surface area contributed by atoms with Gasteiger partial charge in [0.2, 0.25) is 9.84 Å². The summed E-state index contributed by atoms with van der Waals surface area (Å²) >= 11 is 11.8. The van der Waals surface area contributed by atoms with Crippen molar-refractivity contribution in [2.75, 3.05) is 6.26 Å². The highest BCUT2D eigenvalue weighted by atomic mass is 35.5. The molecule has 1 aromatic heterocycles. The number of nitrogens with zero attached hydrogens (tertiary/aromatic N) is 3. The van der Waals surface area contributed by atoms with E-state index in [1.165, 1.54) is 6.20 Å². The van der Waals surface area contributed by atoms with Crippen molar-refractivity contribution in [2.24, 2.45) is 0 Å². The fourth-order valence-corrected chi connectivity index (χ4v) is 2.19. The first-order valence-corrected chi connectivity index (χ1v) is 7.38. The number of rotatable bonds is 2. The van der Waals surface area contributed by atoms with E-state index in [9.17, 15) is 8.42 Å². The lowest BCUT2D eigenvalue weighted by Gasteiger charge is -2.03. The molecule has 0 radical (unpaired) electrons. The fraction of sp³-hybridized carbons (Fsp3) is 0.100. The smallest absolute Gasteiger partial charge is 0.223 e. The van der Waals surface area contributed by atoms with Crippen molar-refractivity contribution in [3.05, 3.63) is 34.4 Å². The van der Waals surface area contributed by atoms with E-state index in [0.717, 1.165) is 6.26 Å². The Morgan fingerprint density at radius 2 is 1.89 bits per heavy atom. The highest BCUT2D eigenvalue weighted by Crippen LogP contribution is 2.28. The van der Waals surface area contributed by atoms with E-state index in [2.05, 4.69) is 15.2 Å². The maximum absolute atomic E-state index is 11.2. The second kappa shape index (κ2) is 4.79. The van der Waals surface area contributed by atoms with Crippen LogP contribution in [0, 0.1) is 0 Å². The Balaban J connectivity index is 2.47. The summed E-state index contributed by atoms with van der Waals surface area (Å²) in [6.07, 6.45) is 2.32. The van der Waals surface area contributed by atoms with Crippen molar-refractivity contribution in [1.29, 1.82) is 0 Å². The highest BCUT2D eigenvalue weighted by Gasteiger charge is 2.13. The van der Waals surface area contributed by atoms with Gasteiger partial charge >= 0.3 is 0 Å². The number of hydrogen-bond donors (Lipinski definition) is 0. The summed E-state index contributed by atoms with van der Waals surface area (Å²) in [6, 6.07) is 4.87. The Kier molecular flexibility index (Phi) is 3.52. The molecule has 8 heteroatoms. The Bertz CT molecular complexity index is 687. The van der Waals surface area contributed by atoms with Crippen molar-refractivity contribution in [1.82, 2.24) is 15.2 Å². The van der Waals surface area contributed by atoms with Gasteiger partial charge in [-0.1, -0.05) is 23.2 Å². The third-order valence-corrected chi connectivity index (χ3v) is 3.48. The molecule has 0 atom stereocenters. The van der Waals surface area contributed by atoms with Crippen LogP contribution in [-0.4, -0.2) is 29.9 Å². The van der Waals surface area contributed by atoms with Gasteiger partial charge in [-0.25, -0.2) is 13.4 Å². The first kappa shape index (κ1) is 13.2. The number of benzene rings is 1. The second-order valence-electron chi connectivity index (χ2n) is 3.52. The molecule has 0 aliphatic heterocycles. The number of aromatic nitrogens is 3. The van der Waals surface area contributed by atoms with Gasteiger partial charge in [-0.2, -0.15) is 0 Å². The fourth-order valence-electron chi connectivity index (χ4n) is 1.26. The Morgan fingerprint density at radius 3 is 2.39 bits per heavy atom. The van der Waals surface area contributed by atoms with E-state index in [4.69, 9.17) is 23.2 Å². The van der Waals surface area contributed by atoms with Gasteiger partial charge in [0.1, 0.15) is 5.69 Å². The van der Waals surface area contributed by atoms with Crippen molar-refractivity contribution < 1.29 is 8.42 Å². The monoisotopic (exact) mass is 303 g/mol. The molecule has 1 aromatic carbocycles. The lowest BCUT2D eigenvalue weighted by Crippen LogP contribution is -2.05. The molecule has 94 valence electrons. The van der Waals surface area contributed by atoms with Crippen LogP contribution in [0.3, 0.4) is 0 Å². The lowest BCUT2D eigenvalue weighted by atomic mass is 10.2. The van der Waals surface area contributed by atoms with E-state index in [0.29, 0.717) is 21.3 Å². The van der Waals surface area contributed by atoms with Crippen LogP contribution in [-0.2, 0) is 9.84 Å². The normalized spacial score (nSPS) is 11.5. The van der Waals surface area contributed by atoms with Gasteiger partial charge in [0.25, 0.3) is 5.16 Å². The second-order valence-corrected chi connectivity index (χ2v) is 6.28. The molecule has 5 nitrogen and oxygen atoms in total. The summed E-state index contributed by atoms with van der Waals surface area (Å²) in [5.41, 5.74) is 0.963. The molecule has 0 saturated heterocycles. The largest absolute Gasteiger partial charge is 0.267 e. The highest BCUT2D eigenvalue weighted by molar-refractivity contribution is 7.90. The minimum Gasteiger partial charge on any atom is -0.223 e. The lowest BCUT2D eigenvalue weighted by molar-refractivity contribution is 0.589. The number of hydrogen-bond acceptors (Lipinski definition) is 5. The van der Waals surface area contributed by atoms with Gasteiger partial charge in [0.05, 0.1) is 11.2 Å². The predicted octanol–water partition coefficient (Wildman–Crippen LogP) is 2.25. The van der Waals surface area contributed by atoms with Gasteiger partial charge in [-0.15, -0.1) is 10.2 Å². The van der Waals surface area contributed by atoms with Gasteiger partial charge in [-0.3, -0.25) is 0 Å². The van der Waals surface area contributed by atoms with Gasteiger partial charge in [0, 0.05) is 16.8 Å². The van der Waals surface area contributed by atoms with Gasteiger partial charge in [-0.05, 0) is 18.2 Å². The molecule has 0 N–H and O–H groups in total. The van der Waals surface area contributed by atoms with Crippen molar-refractivity contribution in [2.45, 2.75) is 5.16 Å². The Hall–Kier alpha value is -1.24. The summed E-state index contributed by atoms with van der Waals surface area (Å²) in [6.45, 7) is 0. The van der Waals surface area contributed by atoms with E-state index in [1.54, 1.807) is 18.2 Å². The van der Waals surface area contributed by atoms with E-state index in [-0.39, 0.29) is 5.16 Å². The molecule has 0 bridgehead atoms.